The van der Waals surface area contributed by atoms with Gasteiger partial charge in [-0.05, 0) is 54.3 Å². The third-order valence-corrected chi connectivity index (χ3v) is 10.4. The van der Waals surface area contributed by atoms with Gasteiger partial charge in [0.15, 0.2) is 0 Å². The second-order valence-corrected chi connectivity index (χ2v) is 13.4. The maximum Gasteiger partial charge on any atom is 0.372 e. The summed E-state index contributed by atoms with van der Waals surface area (Å²) >= 11 is 0. The predicted octanol–water partition coefficient (Wildman–Crippen LogP) is 6.20. The first-order valence-corrected chi connectivity index (χ1v) is 16.6. The van der Waals surface area contributed by atoms with Crippen LogP contribution in [0.1, 0.15) is 32.8 Å². The molecule has 0 bridgehead atoms. The molecule has 1 aliphatic rings. The van der Waals surface area contributed by atoms with E-state index in [-0.39, 0.29) is 23.7 Å². The second-order valence-electron chi connectivity index (χ2n) is 11.5. The molecular weight excluding hydrogens is 586 g/mol. The van der Waals surface area contributed by atoms with E-state index in [9.17, 15) is 18.3 Å². The number of furan rings is 1. The van der Waals surface area contributed by atoms with E-state index in [1.807, 2.05) is 54.6 Å². The van der Waals surface area contributed by atoms with Gasteiger partial charge in [-0.25, -0.2) is 13.2 Å². The number of hydrogen-bond acceptors (Lipinski definition) is 6. The number of nitrogens with zero attached hydrogens (tertiary/aromatic N) is 3. The van der Waals surface area contributed by atoms with Crippen LogP contribution in [-0.2, 0) is 29.5 Å². The van der Waals surface area contributed by atoms with Gasteiger partial charge in [-0.1, -0.05) is 78.9 Å². The van der Waals surface area contributed by atoms with E-state index in [1.54, 1.807) is 17.3 Å². The number of anilines is 1. The maximum absolute atomic E-state index is 14.3. The van der Waals surface area contributed by atoms with Gasteiger partial charge in [0.25, 0.3) is 0 Å². The smallest absolute Gasteiger partial charge is 0.372 e. The standard InChI is InChI=1S/C36H37N3O5S/c1-27-32-24-31(16-17-34(32)44-35(27)36(40)41)45(42,43)39(19-18-28-10-4-2-5-11-28)26-30-14-8-9-15-33(30)38-22-20-37(21-23-38)25-29-12-6-3-7-13-29/h2-17,24H,18-23,25-26H2,1H3,(H,40,41). The second kappa shape index (κ2) is 13.3. The average molecular weight is 624 g/mol. The molecule has 0 radical (unpaired) electrons. The molecule has 0 atom stereocenters. The van der Waals surface area contributed by atoms with Crippen molar-refractivity contribution >= 4 is 32.6 Å². The van der Waals surface area contributed by atoms with Gasteiger partial charge in [-0.15, -0.1) is 0 Å². The Bertz CT molecular complexity index is 1880. The van der Waals surface area contributed by atoms with Crippen molar-refractivity contribution < 1.29 is 22.7 Å². The molecule has 8 nitrogen and oxygen atoms in total. The lowest BCUT2D eigenvalue weighted by Crippen LogP contribution is -2.46. The van der Waals surface area contributed by atoms with Gasteiger partial charge in [0.1, 0.15) is 5.58 Å². The molecular formula is C36H37N3O5S. The Morgan fingerprint density at radius 2 is 1.49 bits per heavy atom. The number of piperazine rings is 1. The summed E-state index contributed by atoms with van der Waals surface area (Å²) in [5.41, 5.74) is 5.09. The van der Waals surface area contributed by atoms with Crippen molar-refractivity contribution in [3.63, 3.8) is 0 Å². The van der Waals surface area contributed by atoms with Crippen molar-refractivity contribution in [1.29, 1.82) is 0 Å². The first-order chi connectivity index (χ1) is 21.8. The number of fused-ring (bicyclic) bond motifs is 1. The fourth-order valence-corrected chi connectivity index (χ4v) is 7.47. The minimum atomic E-state index is -3.96. The molecule has 1 fully saturated rings. The number of carboxylic acid groups (broad SMARTS) is 1. The van der Waals surface area contributed by atoms with E-state index < -0.39 is 16.0 Å². The van der Waals surface area contributed by atoms with Crippen molar-refractivity contribution in [3.05, 3.63) is 131 Å². The van der Waals surface area contributed by atoms with E-state index in [0.29, 0.717) is 23.0 Å². The highest BCUT2D eigenvalue weighted by Gasteiger charge is 2.28. The van der Waals surface area contributed by atoms with Crippen LogP contribution >= 0.6 is 0 Å². The lowest BCUT2D eigenvalue weighted by Gasteiger charge is -2.37. The largest absolute Gasteiger partial charge is 0.475 e. The number of rotatable bonds is 11. The molecule has 1 aliphatic heterocycles. The minimum Gasteiger partial charge on any atom is -0.475 e. The fourth-order valence-electron chi connectivity index (χ4n) is 6.03. The summed E-state index contributed by atoms with van der Waals surface area (Å²) in [5.74, 6) is -1.37. The Labute approximate surface area is 264 Å². The number of carbonyl (C=O) groups is 1. The molecule has 2 heterocycles. The highest BCUT2D eigenvalue weighted by Crippen LogP contribution is 2.31. The molecule has 1 saturated heterocycles. The molecule has 5 aromatic rings. The fraction of sp³-hybridized carbons (Fsp3) is 0.250. The Morgan fingerprint density at radius 1 is 0.844 bits per heavy atom. The Hall–Kier alpha value is -4.44. The third-order valence-electron chi connectivity index (χ3n) is 8.53. The number of hydrogen-bond donors (Lipinski definition) is 1. The van der Waals surface area contributed by atoms with Gasteiger partial charge in [0.2, 0.25) is 15.8 Å². The summed E-state index contributed by atoms with van der Waals surface area (Å²) < 4.78 is 35.7. The van der Waals surface area contributed by atoms with Crippen LogP contribution in [0.25, 0.3) is 11.0 Å². The van der Waals surface area contributed by atoms with Crippen LogP contribution in [0.5, 0.6) is 0 Å². The molecule has 0 unspecified atom stereocenters. The molecule has 0 saturated carbocycles. The van der Waals surface area contributed by atoms with Gasteiger partial charge in [-0.2, -0.15) is 4.31 Å². The summed E-state index contributed by atoms with van der Waals surface area (Å²) in [4.78, 5) is 16.6. The van der Waals surface area contributed by atoms with Crippen LogP contribution < -0.4 is 4.90 Å². The quantitative estimate of drug-likeness (QED) is 0.187. The van der Waals surface area contributed by atoms with Gasteiger partial charge in [0.05, 0.1) is 4.90 Å². The highest BCUT2D eigenvalue weighted by atomic mass is 32.2. The van der Waals surface area contributed by atoms with Crippen molar-refractivity contribution in [2.45, 2.75) is 31.3 Å². The van der Waals surface area contributed by atoms with Crippen LogP contribution in [0.4, 0.5) is 5.69 Å². The number of aromatic carboxylic acids is 1. The Morgan fingerprint density at radius 3 is 2.18 bits per heavy atom. The first-order valence-electron chi connectivity index (χ1n) is 15.2. The predicted molar refractivity (Wildman–Crippen MR) is 176 cm³/mol. The lowest BCUT2D eigenvalue weighted by molar-refractivity contribution is 0.0664. The van der Waals surface area contributed by atoms with Crippen molar-refractivity contribution in [2.24, 2.45) is 0 Å². The van der Waals surface area contributed by atoms with Gasteiger partial charge in [0, 0.05) is 62.5 Å². The normalized spacial score (nSPS) is 14.3. The van der Waals surface area contributed by atoms with Gasteiger partial charge < -0.3 is 14.4 Å². The summed E-state index contributed by atoms with van der Waals surface area (Å²) in [6.45, 7) is 6.58. The zero-order valence-corrected chi connectivity index (χ0v) is 26.1. The first kappa shape index (κ1) is 30.6. The number of para-hydroxylation sites is 1. The van der Waals surface area contributed by atoms with E-state index >= 15 is 0 Å². The molecule has 232 valence electrons. The van der Waals surface area contributed by atoms with E-state index in [4.69, 9.17) is 4.42 Å². The van der Waals surface area contributed by atoms with Crippen molar-refractivity contribution in [2.75, 3.05) is 37.6 Å². The summed E-state index contributed by atoms with van der Waals surface area (Å²) in [6.07, 6.45) is 0.552. The van der Waals surface area contributed by atoms with Crippen LogP contribution in [0, 0.1) is 6.92 Å². The monoisotopic (exact) mass is 623 g/mol. The van der Waals surface area contributed by atoms with Crippen molar-refractivity contribution in [3.8, 4) is 0 Å². The maximum atomic E-state index is 14.3. The molecule has 9 heteroatoms. The van der Waals surface area contributed by atoms with Gasteiger partial charge >= 0.3 is 5.97 Å². The summed E-state index contributed by atoms with van der Waals surface area (Å²) in [6, 6.07) is 33.0. The van der Waals surface area contributed by atoms with E-state index in [2.05, 4.69) is 40.1 Å². The van der Waals surface area contributed by atoms with Crippen LogP contribution in [-0.4, -0.2) is 61.4 Å². The third kappa shape index (κ3) is 6.81. The van der Waals surface area contributed by atoms with Crippen LogP contribution in [0.2, 0.25) is 0 Å². The zero-order chi connectivity index (χ0) is 31.4. The summed E-state index contributed by atoms with van der Waals surface area (Å²) in [7, 11) is -3.96. The minimum absolute atomic E-state index is 0.107. The topological polar surface area (TPSA) is 94.3 Å². The summed E-state index contributed by atoms with van der Waals surface area (Å²) in [5, 5.41) is 9.99. The van der Waals surface area contributed by atoms with Gasteiger partial charge in [-0.3, -0.25) is 4.90 Å². The average Bonchev–Trinajstić information content (AvgIpc) is 3.40. The molecule has 0 aliphatic carbocycles. The zero-order valence-electron chi connectivity index (χ0n) is 25.3. The Balaban J connectivity index is 1.27. The molecule has 45 heavy (non-hydrogen) atoms. The molecule has 1 aromatic heterocycles. The SMILES string of the molecule is Cc1c(C(=O)O)oc2ccc(S(=O)(=O)N(CCc3ccccc3)Cc3ccccc3N3CCN(Cc4ccccc4)CC3)cc12. The van der Waals surface area contributed by atoms with Crippen LogP contribution in [0.15, 0.2) is 112 Å². The number of benzene rings is 4. The Kier molecular flexibility index (Phi) is 9.02. The van der Waals surface area contributed by atoms with Crippen LogP contribution in [0.3, 0.4) is 0 Å². The molecule has 4 aromatic carbocycles. The molecule has 6 rings (SSSR count). The lowest BCUT2D eigenvalue weighted by atomic mass is 10.1. The molecule has 1 N–H and O–H groups in total. The number of carboxylic acids is 1. The molecule has 0 spiro atoms. The number of aryl methyl sites for hydroxylation is 1. The molecule has 0 amide bonds. The number of sulfonamides is 1. The van der Waals surface area contributed by atoms with E-state index in [0.717, 1.165) is 49.5 Å². The highest BCUT2D eigenvalue weighted by molar-refractivity contribution is 7.89. The van der Waals surface area contributed by atoms with E-state index in [1.165, 1.54) is 17.7 Å². The van der Waals surface area contributed by atoms with Crippen molar-refractivity contribution in [1.82, 2.24) is 9.21 Å².